The van der Waals surface area contributed by atoms with Crippen LogP contribution in [0.5, 0.6) is 11.5 Å². The Bertz CT molecular complexity index is 653. The number of aryl methyl sites for hydroxylation is 1. The van der Waals surface area contributed by atoms with Crippen molar-refractivity contribution in [1.29, 1.82) is 0 Å². The number of phenols is 2. The Morgan fingerprint density at radius 1 is 1.14 bits per heavy atom. The summed E-state index contributed by atoms with van der Waals surface area (Å²) in [4.78, 5) is 12.8. The topological polar surface area (TPSA) is 77.8 Å². The highest BCUT2D eigenvalue weighted by Gasteiger charge is 2.57. The van der Waals surface area contributed by atoms with Crippen LogP contribution in [-0.2, 0) is 11.2 Å². The molecule has 0 saturated heterocycles. The van der Waals surface area contributed by atoms with Crippen molar-refractivity contribution in [2.75, 3.05) is 0 Å². The monoisotopic (exact) mass is 302 g/mol. The number of carbonyl (C=O) groups excluding carboxylic acids is 1. The largest absolute Gasteiger partial charge is 0.504 e. The summed E-state index contributed by atoms with van der Waals surface area (Å²) in [5.74, 6) is 0.358. The van der Waals surface area contributed by atoms with Crippen LogP contribution in [0.4, 0.5) is 0 Å². The molecule has 0 bridgehead atoms. The highest BCUT2D eigenvalue weighted by Crippen LogP contribution is 2.60. The third-order valence-corrected chi connectivity index (χ3v) is 6.52. The highest BCUT2D eigenvalue weighted by atomic mass is 16.3. The minimum atomic E-state index is -0.378. The molecule has 0 unspecified atom stereocenters. The maximum Gasteiger partial charge on any atom is 0.157 e. The summed E-state index contributed by atoms with van der Waals surface area (Å²) >= 11 is 0. The van der Waals surface area contributed by atoms with Gasteiger partial charge in [0.2, 0.25) is 0 Å². The minimum Gasteiger partial charge on any atom is -0.504 e. The summed E-state index contributed by atoms with van der Waals surface area (Å²) in [5.41, 5.74) is 1.58. The summed E-state index contributed by atoms with van der Waals surface area (Å²) in [7, 11) is 0. The number of carbonyl (C=O) groups is 1. The lowest BCUT2D eigenvalue weighted by Crippen LogP contribution is -2.48. The molecular formula is C18H22O4. The van der Waals surface area contributed by atoms with Crippen LogP contribution >= 0.6 is 0 Å². The number of phenolic OH excluding ortho intramolecular Hbond substituents is 2. The van der Waals surface area contributed by atoms with E-state index in [1.165, 1.54) is 0 Å². The van der Waals surface area contributed by atoms with Gasteiger partial charge in [-0.1, -0.05) is 6.92 Å². The first-order chi connectivity index (χ1) is 10.4. The summed E-state index contributed by atoms with van der Waals surface area (Å²) < 4.78 is 0. The van der Waals surface area contributed by atoms with Crippen molar-refractivity contribution < 1.29 is 20.1 Å². The second-order valence-electron chi connectivity index (χ2n) is 7.57. The molecule has 0 radical (unpaired) electrons. The van der Waals surface area contributed by atoms with Crippen molar-refractivity contribution in [3.05, 3.63) is 23.3 Å². The first kappa shape index (κ1) is 14.1. The van der Waals surface area contributed by atoms with Gasteiger partial charge in [0.25, 0.3) is 0 Å². The Kier molecular flexibility index (Phi) is 2.86. The van der Waals surface area contributed by atoms with Gasteiger partial charge >= 0.3 is 0 Å². The zero-order valence-corrected chi connectivity index (χ0v) is 12.7. The lowest BCUT2D eigenvalue weighted by atomic mass is 9.55. The number of fused-ring (bicyclic) bond motifs is 5. The van der Waals surface area contributed by atoms with Crippen LogP contribution in [0.2, 0.25) is 0 Å². The van der Waals surface area contributed by atoms with E-state index in [0.29, 0.717) is 12.3 Å². The molecule has 0 aromatic heterocycles. The second-order valence-corrected chi connectivity index (χ2v) is 7.57. The number of aromatic hydroxyl groups is 2. The lowest BCUT2D eigenvalue weighted by Gasteiger charge is -2.49. The van der Waals surface area contributed by atoms with Gasteiger partial charge in [0.15, 0.2) is 11.5 Å². The standard InChI is InChI=1S/C18H22O4/c1-18-8-15(21)17-10(12(18)4-5-16(18)22)3-2-9-6-13(19)14(20)7-11(9)17/h6-7,10,12,16-17,19-20,22H,2-5,8H2,1H3/t10-,12-,16+,17-,18-/m0/s1. The van der Waals surface area contributed by atoms with Gasteiger partial charge < -0.3 is 15.3 Å². The van der Waals surface area contributed by atoms with Crippen LogP contribution in [0.25, 0.3) is 0 Å². The highest BCUT2D eigenvalue weighted by molar-refractivity contribution is 5.89. The maximum absolute atomic E-state index is 12.8. The normalized spacial score (nSPS) is 40.0. The Hall–Kier alpha value is -1.55. The van der Waals surface area contributed by atoms with E-state index >= 15 is 0 Å². The molecular weight excluding hydrogens is 280 g/mol. The first-order valence-electron chi connectivity index (χ1n) is 8.17. The summed E-state index contributed by atoms with van der Waals surface area (Å²) in [6, 6.07) is 3.18. The molecule has 0 aliphatic heterocycles. The SMILES string of the molecule is C[C@]12CC(=O)[C@@H]3c4cc(O)c(O)cc4CC[C@H]3[C@@H]1CC[C@H]2O. The van der Waals surface area contributed by atoms with E-state index in [0.717, 1.165) is 36.8 Å². The van der Waals surface area contributed by atoms with E-state index in [2.05, 4.69) is 6.92 Å². The maximum atomic E-state index is 12.8. The molecule has 2 saturated carbocycles. The molecule has 3 aliphatic carbocycles. The van der Waals surface area contributed by atoms with E-state index < -0.39 is 0 Å². The molecule has 5 atom stereocenters. The van der Waals surface area contributed by atoms with Gasteiger partial charge in [0.05, 0.1) is 6.10 Å². The average Bonchev–Trinajstić information content (AvgIpc) is 2.75. The summed E-state index contributed by atoms with van der Waals surface area (Å²) in [5, 5.41) is 29.9. The number of hydrogen-bond acceptors (Lipinski definition) is 4. The molecule has 3 N–H and O–H groups in total. The quantitative estimate of drug-likeness (QED) is 0.643. The number of Topliss-reactive ketones (excluding diaryl/α,β-unsaturated/α-hetero) is 1. The van der Waals surface area contributed by atoms with Crippen LogP contribution < -0.4 is 0 Å². The number of aliphatic hydroxyl groups is 1. The fourth-order valence-electron chi connectivity index (χ4n) is 5.39. The van der Waals surface area contributed by atoms with E-state index in [-0.39, 0.29) is 40.6 Å². The van der Waals surface area contributed by atoms with Crippen LogP contribution in [0, 0.1) is 17.3 Å². The fraction of sp³-hybridized carbons (Fsp3) is 0.611. The molecule has 4 heteroatoms. The van der Waals surface area contributed by atoms with E-state index in [4.69, 9.17) is 0 Å². The van der Waals surface area contributed by atoms with Gasteiger partial charge in [-0.15, -0.1) is 0 Å². The fourth-order valence-corrected chi connectivity index (χ4v) is 5.39. The molecule has 0 amide bonds. The van der Waals surface area contributed by atoms with Crippen molar-refractivity contribution in [2.24, 2.45) is 17.3 Å². The van der Waals surface area contributed by atoms with Crippen LogP contribution in [0.1, 0.15) is 49.7 Å². The molecule has 4 rings (SSSR count). The average molecular weight is 302 g/mol. The van der Waals surface area contributed by atoms with Gasteiger partial charge in [-0.2, -0.15) is 0 Å². The Morgan fingerprint density at radius 3 is 2.64 bits per heavy atom. The van der Waals surface area contributed by atoms with Crippen molar-refractivity contribution in [3.63, 3.8) is 0 Å². The number of aliphatic hydroxyl groups excluding tert-OH is 1. The van der Waals surface area contributed by atoms with Gasteiger partial charge in [0, 0.05) is 17.8 Å². The molecule has 1 aromatic carbocycles. The minimum absolute atomic E-state index is 0.110. The first-order valence-corrected chi connectivity index (χ1v) is 8.17. The van der Waals surface area contributed by atoms with Crippen LogP contribution in [-0.4, -0.2) is 27.2 Å². The van der Waals surface area contributed by atoms with Crippen molar-refractivity contribution in [1.82, 2.24) is 0 Å². The van der Waals surface area contributed by atoms with Crippen LogP contribution in [0.3, 0.4) is 0 Å². The van der Waals surface area contributed by atoms with Gasteiger partial charge in [-0.05, 0) is 60.8 Å². The molecule has 2 fully saturated rings. The van der Waals surface area contributed by atoms with Gasteiger partial charge in [0.1, 0.15) is 5.78 Å². The zero-order chi connectivity index (χ0) is 15.6. The third-order valence-electron chi connectivity index (χ3n) is 6.52. The molecule has 22 heavy (non-hydrogen) atoms. The number of hydrogen-bond donors (Lipinski definition) is 3. The third kappa shape index (κ3) is 1.70. The second kappa shape index (κ2) is 4.48. The van der Waals surface area contributed by atoms with Crippen molar-refractivity contribution in [2.45, 2.75) is 51.0 Å². The number of benzene rings is 1. The zero-order valence-electron chi connectivity index (χ0n) is 12.7. The summed E-state index contributed by atoms with van der Waals surface area (Å²) in [6.07, 6.45) is 3.54. The number of rotatable bonds is 0. The Labute approximate surface area is 129 Å². The van der Waals surface area contributed by atoms with Crippen molar-refractivity contribution in [3.8, 4) is 11.5 Å². The van der Waals surface area contributed by atoms with Crippen LogP contribution in [0.15, 0.2) is 12.1 Å². The molecule has 0 spiro atoms. The summed E-state index contributed by atoms with van der Waals surface area (Å²) in [6.45, 7) is 2.06. The molecule has 0 heterocycles. The Morgan fingerprint density at radius 2 is 1.86 bits per heavy atom. The molecule has 1 aromatic rings. The Balaban J connectivity index is 1.80. The molecule has 3 aliphatic rings. The van der Waals surface area contributed by atoms with Gasteiger partial charge in [-0.3, -0.25) is 4.79 Å². The van der Waals surface area contributed by atoms with E-state index in [1.54, 1.807) is 12.1 Å². The number of ketones is 1. The lowest BCUT2D eigenvalue weighted by molar-refractivity contribution is -0.134. The predicted molar refractivity (Wildman–Crippen MR) is 80.8 cm³/mol. The van der Waals surface area contributed by atoms with E-state index in [1.807, 2.05) is 0 Å². The molecule has 118 valence electrons. The smallest absolute Gasteiger partial charge is 0.157 e. The van der Waals surface area contributed by atoms with E-state index in [9.17, 15) is 20.1 Å². The predicted octanol–water partition coefficient (Wildman–Crippen LogP) is 2.49. The molecule has 4 nitrogen and oxygen atoms in total. The van der Waals surface area contributed by atoms with Crippen molar-refractivity contribution >= 4 is 5.78 Å². The van der Waals surface area contributed by atoms with Gasteiger partial charge in [-0.25, -0.2) is 0 Å².